The number of nitrogens with zero attached hydrogens (tertiary/aromatic N) is 2. The summed E-state index contributed by atoms with van der Waals surface area (Å²) < 4.78 is 31.6. The Labute approximate surface area is 156 Å². The molecule has 8 heteroatoms. The van der Waals surface area contributed by atoms with Gasteiger partial charge in [0.15, 0.2) is 5.70 Å². The van der Waals surface area contributed by atoms with Gasteiger partial charge in [0.1, 0.15) is 0 Å². The number of thiophene rings is 1. The summed E-state index contributed by atoms with van der Waals surface area (Å²) >= 11 is 1.50. The second kappa shape index (κ2) is 7.53. The van der Waals surface area contributed by atoms with Crippen molar-refractivity contribution in [1.29, 1.82) is 0 Å². The lowest BCUT2D eigenvalue weighted by Gasteiger charge is -2.18. The number of ether oxygens (including phenoxy) is 1. The molecular weight excluding hydrogens is 372 g/mol. The average Bonchev–Trinajstić information content (AvgIpc) is 3.26. The largest absolute Gasteiger partial charge is 0.402 e. The van der Waals surface area contributed by atoms with Crippen molar-refractivity contribution in [3.05, 3.63) is 57.9 Å². The molecule has 6 nitrogen and oxygen atoms in total. The van der Waals surface area contributed by atoms with E-state index in [1.54, 1.807) is 32.1 Å². The molecule has 0 saturated carbocycles. The van der Waals surface area contributed by atoms with Crippen molar-refractivity contribution in [1.82, 2.24) is 4.31 Å². The van der Waals surface area contributed by atoms with Crippen LogP contribution < -0.4 is 0 Å². The Kier molecular flexibility index (Phi) is 5.36. The number of cyclic esters (lactones) is 1. The van der Waals surface area contributed by atoms with Gasteiger partial charge in [0.25, 0.3) is 0 Å². The quantitative estimate of drug-likeness (QED) is 0.561. The van der Waals surface area contributed by atoms with Gasteiger partial charge in [-0.25, -0.2) is 18.2 Å². The molecule has 2 heterocycles. The lowest BCUT2D eigenvalue weighted by atomic mass is 10.2. The predicted molar refractivity (Wildman–Crippen MR) is 101 cm³/mol. The first-order valence-electron chi connectivity index (χ1n) is 8.12. The summed E-state index contributed by atoms with van der Waals surface area (Å²) in [5, 5.41) is 1.91. The van der Waals surface area contributed by atoms with Gasteiger partial charge >= 0.3 is 5.97 Å². The monoisotopic (exact) mass is 390 g/mol. The van der Waals surface area contributed by atoms with Gasteiger partial charge in [-0.1, -0.05) is 19.9 Å². The number of carbonyl (C=O) groups excluding carboxylic acids is 1. The molecule has 1 aromatic heterocycles. The molecule has 136 valence electrons. The zero-order chi connectivity index (χ0) is 18.7. The highest BCUT2D eigenvalue weighted by Gasteiger charge is 2.26. The highest BCUT2D eigenvalue weighted by atomic mass is 32.2. The Hall–Kier alpha value is -2.29. The molecule has 0 spiro atoms. The summed E-state index contributed by atoms with van der Waals surface area (Å²) in [4.78, 5) is 17.3. The van der Waals surface area contributed by atoms with E-state index in [0.717, 1.165) is 4.88 Å². The van der Waals surface area contributed by atoms with Crippen molar-refractivity contribution in [3.63, 3.8) is 0 Å². The van der Waals surface area contributed by atoms with Crippen LogP contribution in [0.5, 0.6) is 0 Å². The fourth-order valence-corrected chi connectivity index (χ4v) is 4.63. The van der Waals surface area contributed by atoms with Crippen LogP contribution in [0.2, 0.25) is 0 Å². The van der Waals surface area contributed by atoms with Crippen molar-refractivity contribution >= 4 is 39.3 Å². The molecule has 0 atom stereocenters. The molecule has 0 unspecified atom stereocenters. The molecule has 0 fully saturated rings. The fraction of sp³-hybridized carbons (Fsp3) is 0.222. The number of esters is 1. The number of aliphatic imine (C=N–C) groups is 1. The summed E-state index contributed by atoms with van der Waals surface area (Å²) in [5.74, 6) is -0.349. The van der Waals surface area contributed by atoms with E-state index in [1.807, 2.05) is 17.5 Å². The fourth-order valence-electron chi connectivity index (χ4n) is 2.52. The number of benzene rings is 1. The molecule has 0 radical (unpaired) electrons. The van der Waals surface area contributed by atoms with Crippen LogP contribution in [-0.4, -0.2) is 37.7 Å². The highest BCUT2D eigenvalue weighted by Crippen LogP contribution is 2.22. The Morgan fingerprint density at radius 2 is 1.85 bits per heavy atom. The summed E-state index contributed by atoms with van der Waals surface area (Å²) in [6.07, 6.45) is 1.67. The van der Waals surface area contributed by atoms with E-state index in [-0.39, 0.29) is 16.5 Å². The maximum Gasteiger partial charge on any atom is 0.363 e. The molecular formula is C18H18N2O4S2. The molecule has 0 amide bonds. The van der Waals surface area contributed by atoms with Gasteiger partial charge in [0.05, 0.1) is 4.90 Å². The summed E-state index contributed by atoms with van der Waals surface area (Å²) in [6, 6.07) is 9.95. The minimum atomic E-state index is -3.52. The molecule has 0 bridgehead atoms. The normalized spacial score (nSPS) is 16.2. The first kappa shape index (κ1) is 18.5. The molecule has 1 aliphatic heterocycles. The van der Waals surface area contributed by atoms with Gasteiger partial charge in [-0.2, -0.15) is 4.31 Å². The third-order valence-corrected chi connectivity index (χ3v) is 6.77. The lowest BCUT2D eigenvalue weighted by molar-refractivity contribution is -0.129. The van der Waals surface area contributed by atoms with Crippen molar-refractivity contribution in [2.75, 3.05) is 13.1 Å². The van der Waals surface area contributed by atoms with Gasteiger partial charge in [-0.15, -0.1) is 11.3 Å². The van der Waals surface area contributed by atoms with Crippen LogP contribution in [0.15, 0.2) is 57.4 Å². The van der Waals surface area contributed by atoms with Crippen molar-refractivity contribution in [2.24, 2.45) is 4.99 Å². The summed E-state index contributed by atoms with van der Waals surface area (Å²) in [5.41, 5.74) is 0.772. The maximum absolute atomic E-state index is 12.5. The summed E-state index contributed by atoms with van der Waals surface area (Å²) in [6.45, 7) is 4.40. The van der Waals surface area contributed by atoms with Crippen LogP contribution in [0.1, 0.15) is 24.3 Å². The van der Waals surface area contributed by atoms with Gasteiger partial charge in [0, 0.05) is 23.5 Å². The maximum atomic E-state index is 12.5. The van der Waals surface area contributed by atoms with E-state index in [4.69, 9.17) is 4.74 Å². The number of carbonyl (C=O) groups is 1. The zero-order valence-electron chi connectivity index (χ0n) is 14.4. The predicted octanol–water partition coefficient (Wildman–Crippen LogP) is 3.12. The topological polar surface area (TPSA) is 76.0 Å². The molecule has 26 heavy (non-hydrogen) atoms. The van der Waals surface area contributed by atoms with Crippen LogP contribution in [0.3, 0.4) is 0 Å². The van der Waals surface area contributed by atoms with Gasteiger partial charge in [-0.05, 0) is 41.8 Å². The minimum Gasteiger partial charge on any atom is -0.402 e. The van der Waals surface area contributed by atoms with Crippen LogP contribution >= 0.6 is 11.3 Å². The third kappa shape index (κ3) is 3.62. The van der Waals surface area contributed by atoms with E-state index < -0.39 is 16.0 Å². The van der Waals surface area contributed by atoms with Crippen LogP contribution in [0, 0.1) is 0 Å². The lowest BCUT2D eigenvalue weighted by Crippen LogP contribution is -2.30. The first-order valence-corrected chi connectivity index (χ1v) is 10.4. The molecule has 3 rings (SSSR count). The molecule has 0 N–H and O–H groups in total. The third-order valence-electron chi connectivity index (χ3n) is 3.89. The van der Waals surface area contributed by atoms with Gasteiger partial charge in [0.2, 0.25) is 15.9 Å². The van der Waals surface area contributed by atoms with Crippen molar-refractivity contribution < 1.29 is 17.9 Å². The van der Waals surface area contributed by atoms with Gasteiger partial charge < -0.3 is 4.74 Å². The van der Waals surface area contributed by atoms with Crippen molar-refractivity contribution in [3.8, 4) is 0 Å². The smallest absolute Gasteiger partial charge is 0.363 e. The Morgan fingerprint density at radius 3 is 2.42 bits per heavy atom. The van der Waals surface area contributed by atoms with Crippen molar-refractivity contribution in [2.45, 2.75) is 18.7 Å². The summed E-state index contributed by atoms with van der Waals surface area (Å²) in [7, 11) is -3.52. The van der Waals surface area contributed by atoms with E-state index >= 15 is 0 Å². The van der Waals surface area contributed by atoms with Gasteiger partial charge in [-0.3, -0.25) is 0 Å². The average molecular weight is 390 g/mol. The number of hydrogen-bond donors (Lipinski definition) is 0. The number of rotatable bonds is 6. The van der Waals surface area contributed by atoms with Crippen LogP contribution in [0.25, 0.3) is 6.08 Å². The molecule has 0 aliphatic carbocycles. The van der Waals surface area contributed by atoms with Crippen LogP contribution in [0.4, 0.5) is 0 Å². The Bertz CT molecular complexity index is 955. The van der Waals surface area contributed by atoms with E-state index in [0.29, 0.717) is 18.7 Å². The zero-order valence-corrected chi connectivity index (χ0v) is 16.0. The molecule has 0 saturated heterocycles. The second-order valence-electron chi connectivity index (χ2n) is 5.47. The Morgan fingerprint density at radius 1 is 1.15 bits per heavy atom. The minimum absolute atomic E-state index is 0.171. The second-order valence-corrected chi connectivity index (χ2v) is 8.38. The molecule has 2 aromatic rings. The van der Waals surface area contributed by atoms with E-state index in [2.05, 4.69) is 4.99 Å². The molecule has 1 aromatic carbocycles. The van der Waals surface area contributed by atoms with E-state index in [1.165, 1.54) is 27.8 Å². The SMILES string of the molecule is CCN(CC)S(=O)(=O)c1ccc(C2=N/C(=C\c3cccs3)C(=O)O2)cc1. The standard InChI is InChI=1S/C18H18N2O4S2/c1-3-20(4-2)26(22,23)15-9-7-13(8-10-15)17-19-16(18(21)24-17)12-14-6-5-11-25-14/h5-12H,3-4H2,1-2H3/b16-12-. The molecule has 1 aliphatic rings. The van der Waals surface area contributed by atoms with E-state index in [9.17, 15) is 13.2 Å². The highest BCUT2D eigenvalue weighted by molar-refractivity contribution is 7.89. The van der Waals surface area contributed by atoms with Crippen LogP contribution in [-0.2, 0) is 19.6 Å². The Balaban J connectivity index is 1.87. The number of hydrogen-bond acceptors (Lipinski definition) is 6. The first-order chi connectivity index (χ1) is 12.5. The number of sulfonamides is 1.